The van der Waals surface area contributed by atoms with Gasteiger partial charge in [-0.25, -0.2) is 0 Å². The maximum Gasteiger partial charge on any atom is 0.238 e. The molecule has 0 saturated heterocycles. The van der Waals surface area contributed by atoms with Crippen LogP contribution >= 0.6 is 11.3 Å². The molecule has 5 heteroatoms. The van der Waals surface area contributed by atoms with E-state index in [-0.39, 0.29) is 5.91 Å². The van der Waals surface area contributed by atoms with Gasteiger partial charge in [-0.1, -0.05) is 0 Å². The quantitative estimate of drug-likeness (QED) is 0.941. The summed E-state index contributed by atoms with van der Waals surface area (Å²) in [6.45, 7) is 3.53. The minimum absolute atomic E-state index is 0.0238. The fourth-order valence-corrected chi connectivity index (χ4v) is 3.80. The lowest BCUT2D eigenvalue weighted by molar-refractivity contribution is -0.117. The van der Waals surface area contributed by atoms with Crippen LogP contribution in [-0.4, -0.2) is 31.0 Å². The predicted octanol–water partition coefficient (Wildman–Crippen LogP) is 3.31. The van der Waals surface area contributed by atoms with Crippen molar-refractivity contribution in [1.82, 2.24) is 4.90 Å². The van der Waals surface area contributed by atoms with E-state index in [9.17, 15) is 4.79 Å². The van der Waals surface area contributed by atoms with Gasteiger partial charge < -0.3 is 10.1 Å². The second-order valence-corrected chi connectivity index (χ2v) is 6.47. The van der Waals surface area contributed by atoms with Gasteiger partial charge in [0.2, 0.25) is 5.91 Å². The third kappa shape index (κ3) is 3.15. The maximum absolute atomic E-state index is 12.2. The first-order valence-corrected chi connectivity index (χ1v) is 8.29. The Morgan fingerprint density at radius 2 is 2.14 bits per heavy atom. The van der Waals surface area contributed by atoms with Crippen LogP contribution in [0.3, 0.4) is 0 Å². The fourth-order valence-electron chi connectivity index (χ4n) is 2.84. The van der Waals surface area contributed by atoms with Crippen molar-refractivity contribution in [3.05, 3.63) is 46.2 Å². The summed E-state index contributed by atoms with van der Waals surface area (Å²) in [7, 11) is 1.63. The fraction of sp³-hybridized carbons (Fsp3) is 0.353. The summed E-state index contributed by atoms with van der Waals surface area (Å²) in [6.07, 6.45) is 1.03. The van der Waals surface area contributed by atoms with Gasteiger partial charge in [-0.05, 0) is 54.6 Å². The van der Waals surface area contributed by atoms with Crippen LogP contribution in [0.4, 0.5) is 5.69 Å². The highest BCUT2D eigenvalue weighted by atomic mass is 32.1. The molecular formula is C17H20N2O2S. The average Bonchev–Trinajstić information content (AvgIpc) is 3.00. The van der Waals surface area contributed by atoms with E-state index < -0.39 is 0 Å². The molecule has 2 aromatic rings. The SMILES string of the molecule is COc1ccc(NC(=O)CN2CCc3sccc3[C@H]2C)cc1. The number of hydrogen-bond donors (Lipinski definition) is 1. The van der Waals surface area contributed by atoms with Crippen LogP contribution in [0.15, 0.2) is 35.7 Å². The number of nitrogens with zero attached hydrogens (tertiary/aromatic N) is 1. The molecule has 1 aromatic heterocycles. The number of benzene rings is 1. The summed E-state index contributed by atoms with van der Waals surface area (Å²) in [5, 5.41) is 5.09. The molecule has 0 saturated carbocycles. The number of thiophene rings is 1. The van der Waals surface area contributed by atoms with Crippen molar-refractivity contribution in [3.63, 3.8) is 0 Å². The standard InChI is InChI=1S/C17H20N2O2S/c1-12-15-8-10-22-16(15)7-9-19(12)11-17(20)18-13-3-5-14(21-2)6-4-13/h3-6,8,10,12H,7,9,11H2,1-2H3,(H,18,20)/t12-/m1/s1. The molecule has 0 bridgehead atoms. The van der Waals surface area contributed by atoms with Crippen molar-refractivity contribution in [3.8, 4) is 5.75 Å². The zero-order chi connectivity index (χ0) is 15.5. The minimum atomic E-state index is 0.0238. The number of anilines is 1. The highest BCUT2D eigenvalue weighted by Gasteiger charge is 2.26. The first kappa shape index (κ1) is 15.1. The van der Waals surface area contributed by atoms with Gasteiger partial charge in [0, 0.05) is 23.2 Å². The van der Waals surface area contributed by atoms with E-state index in [1.165, 1.54) is 10.4 Å². The Bertz CT molecular complexity index is 651. The lowest BCUT2D eigenvalue weighted by Crippen LogP contribution is -2.39. The highest BCUT2D eigenvalue weighted by Crippen LogP contribution is 2.32. The van der Waals surface area contributed by atoms with Crippen LogP contribution < -0.4 is 10.1 Å². The van der Waals surface area contributed by atoms with E-state index >= 15 is 0 Å². The Hall–Kier alpha value is -1.85. The molecule has 4 nitrogen and oxygen atoms in total. The molecule has 1 aromatic carbocycles. The van der Waals surface area contributed by atoms with E-state index in [0.29, 0.717) is 12.6 Å². The summed E-state index contributed by atoms with van der Waals surface area (Å²) in [5.41, 5.74) is 2.17. The molecule has 3 rings (SSSR count). The second kappa shape index (κ2) is 6.50. The van der Waals surface area contributed by atoms with Gasteiger partial charge in [-0.15, -0.1) is 11.3 Å². The normalized spacial score (nSPS) is 17.8. The van der Waals surface area contributed by atoms with Crippen LogP contribution in [-0.2, 0) is 11.2 Å². The Morgan fingerprint density at radius 3 is 2.86 bits per heavy atom. The van der Waals surface area contributed by atoms with E-state index in [4.69, 9.17) is 4.74 Å². The molecule has 1 N–H and O–H groups in total. The van der Waals surface area contributed by atoms with Crippen molar-refractivity contribution >= 4 is 22.9 Å². The number of amides is 1. The smallest absolute Gasteiger partial charge is 0.238 e. The maximum atomic E-state index is 12.2. The van der Waals surface area contributed by atoms with Crippen molar-refractivity contribution in [2.45, 2.75) is 19.4 Å². The van der Waals surface area contributed by atoms with E-state index in [1.54, 1.807) is 7.11 Å². The first-order chi connectivity index (χ1) is 10.7. The molecule has 0 fully saturated rings. The molecule has 0 radical (unpaired) electrons. The average molecular weight is 316 g/mol. The van der Waals surface area contributed by atoms with Crippen molar-refractivity contribution in [2.24, 2.45) is 0 Å². The minimum Gasteiger partial charge on any atom is -0.497 e. The molecule has 116 valence electrons. The number of rotatable bonds is 4. The molecule has 0 aliphatic carbocycles. The predicted molar refractivity (Wildman–Crippen MR) is 89.6 cm³/mol. The number of ether oxygens (including phenoxy) is 1. The van der Waals surface area contributed by atoms with Crippen LogP contribution in [0.2, 0.25) is 0 Å². The zero-order valence-electron chi connectivity index (χ0n) is 12.8. The van der Waals surface area contributed by atoms with Crippen LogP contribution in [0.25, 0.3) is 0 Å². The van der Waals surface area contributed by atoms with Gasteiger partial charge in [-0.3, -0.25) is 9.69 Å². The first-order valence-electron chi connectivity index (χ1n) is 7.41. The van der Waals surface area contributed by atoms with Gasteiger partial charge in [-0.2, -0.15) is 0 Å². The van der Waals surface area contributed by atoms with Crippen LogP contribution in [0.1, 0.15) is 23.4 Å². The number of nitrogens with one attached hydrogen (secondary N) is 1. The van der Waals surface area contributed by atoms with Crippen molar-refractivity contribution in [1.29, 1.82) is 0 Å². The Balaban J connectivity index is 1.60. The molecule has 1 atom stereocenters. The van der Waals surface area contributed by atoms with E-state index in [2.05, 4.69) is 28.6 Å². The van der Waals surface area contributed by atoms with E-state index in [0.717, 1.165) is 24.4 Å². The summed E-state index contributed by atoms with van der Waals surface area (Å²) >= 11 is 1.82. The molecule has 1 aliphatic rings. The van der Waals surface area contributed by atoms with Gasteiger partial charge in [0.25, 0.3) is 0 Å². The third-order valence-corrected chi connectivity index (χ3v) is 5.12. The molecule has 22 heavy (non-hydrogen) atoms. The number of carbonyl (C=O) groups is 1. The lowest BCUT2D eigenvalue weighted by atomic mass is 10.0. The van der Waals surface area contributed by atoms with Gasteiger partial charge in [0.15, 0.2) is 0 Å². The molecule has 0 unspecified atom stereocenters. The molecule has 0 spiro atoms. The number of fused-ring (bicyclic) bond motifs is 1. The summed E-state index contributed by atoms with van der Waals surface area (Å²) in [4.78, 5) is 15.9. The monoisotopic (exact) mass is 316 g/mol. The lowest BCUT2D eigenvalue weighted by Gasteiger charge is -2.32. The number of carbonyl (C=O) groups excluding carboxylic acids is 1. The second-order valence-electron chi connectivity index (χ2n) is 5.47. The van der Waals surface area contributed by atoms with Gasteiger partial charge in [0.1, 0.15) is 5.75 Å². The molecule has 1 amide bonds. The Kier molecular flexibility index (Phi) is 4.45. The molecule has 1 aliphatic heterocycles. The largest absolute Gasteiger partial charge is 0.497 e. The zero-order valence-corrected chi connectivity index (χ0v) is 13.7. The molecule has 2 heterocycles. The summed E-state index contributed by atoms with van der Waals surface area (Å²) < 4.78 is 5.12. The van der Waals surface area contributed by atoms with Crippen molar-refractivity contribution in [2.75, 3.05) is 25.5 Å². The van der Waals surface area contributed by atoms with Crippen LogP contribution in [0.5, 0.6) is 5.75 Å². The summed E-state index contributed by atoms with van der Waals surface area (Å²) in [5.74, 6) is 0.809. The van der Waals surface area contributed by atoms with Crippen LogP contribution in [0, 0.1) is 0 Å². The number of hydrogen-bond acceptors (Lipinski definition) is 4. The number of methoxy groups -OCH3 is 1. The van der Waals surface area contributed by atoms with E-state index in [1.807, 2.05) is 35.6 Å². The summed E-state index contributed by atoms with van der Waals surface area (Å²) in [6, 6.07) is 9.88. The highest BCUT2D eigenvalue weighted by molar-refractivity contribution is 7.10. The molecular weight excluding hydrogens is 296 g/mol. The van der Waals surface area contributed by atoms with Gasteiger partial charge >= 0.3 is 0 Å². The topological polar surface area (TPSA) is 41.6 Å². The third-order valence-electron chi connectivity index (χ3n) is 4.12. The Morgan fingerprint density at radius 1 is 1.36 bits per heavy atom. The van der Waals surface area contributed by atoms with Crippen molar-refractivity contribution < 1.29 is 9.53 Å². The Labute approximate surface area is 134 Å². The van der Waals surface area contributed by atoms with Gasteiger partial charge in [0.05, 0.1) is 13.7 Å².